The van der Waals surface area contributed by atoms with Crippen LogP contribution in [0.5, 0.6) is 0 Å². The van der Waals surface area contributed by atoms with Crippen LogP contribution < -0.4 is 10.7 Å². The van der Waals surface area contributed by atoms with Crippen molar-refractivity contribution in [2.45, 2.75) is 12.8 Å². The number of nitrogens with zero attached hydrogens (tertiary/aromatic N) is 1. The quantitative estimate of drug-likeness (QED) is 0.640. The van der Waals surface area contributed by atoms with E-state index in [0.717, 1.165) is 24.7 Å². The van der Waals surface area contributed by atoms with Gasteiger partial charge in [0.25, 0.3) is 0 Å². The summed E-state index contributed by atoms with van der Waals surface area (Å²) in [5, 5.41) is 3.60. The lowest BCUT2D eigenvalue weighted by Crippen LogP contribution is -2.22. The van der Waals surface area contributed by atoms with E-state index in [4.69, 9.17) is 0 Å². The van der Waals surface area contributed by atoms with Gasteiger partial charge in [-0.2, -0.15) is 0 Å². The number of aromatic nitrogens is 1. The number of rotatable bonds is 0. The molecule has 0 aliphatic carbocycles. The van der Waals surface area contributed by atoms with Crippen molar-refractivity contribution < 1.29 is 0 Å². The minimum absolute atomic E-state index is 0.950. The van der Waals surface area contributed by atoms with Crippen molar-refractivity contribution in [3.8, 4) is 0 Å². The molecule has 0 spiro atoms. The number of hydrogen-bond donors (Lipinski definition) is 1. The van der Waals surface area contributed by atoms with Crippen LogP contribution in [0.2, 0.25) is 0 Å². The Morgan fingerprint density at radius 3 is 3.14 bits per heavy atom. The third-order valence-electron chi connectivity index (χ3n) is 2.69. The molecule has 1 aromatic carbocycles. The number of hydrogen-bond acceptors (Lipinski definition) is 1. The molecule has 0 saturated carbocycles. The fourth-order valence-corrected chi connectivity index (χ4v) is 1.99. The second-order valence-electron chi connectivity index (χ2n) is 3.66. The first-order chi connectivity index (χ1) is 6.95. The van der Waals surface area contributed by atoms with Gasteiger partial charge in [-0.25, -0.2) is 0 Å². The molecule has 0 atom stereocenters. The molecule has 2 aromatic rings. The van der Waals surface area contributed by atoms with E-state index in [-0.39, 0.29) is 0 Å². The second kappa shape index (κ2) is 2.98. The summed E-state index contributed by atoms with van der Waals surface area (Å²) in [5.41, 5.74) is 1.19. The summed E-state index contributed by atoms with van der Waals surface area (Å²) < 4.78 is 0. The van der Waals surface area contributed by atoms with Crippen LogP contribution in [0.1, 0.15) is 12.8 Å². The molecule has 3 rings (SSSR count). The highest BCUT2D eigenvalue weighted by atomic mass is 14.8. The number of para-hydroxylation sites is 1. The predicted octanol–water partition coefficient (Wildman–Crippen LogP) is 1.36. The van der Waals surface area contributed by atoms with E-state index < -0.39 is 0 Å². The van der Waals surface area contributed by atoms with Gasteiger partial charge in [-0.05, 0) is 18.9 Å². The van der Waals surface area contributed by atoms with Crippen molar-refractivity contribution in [1.82, 2.24) is 4.98 Å². The Labute approximate surface area is 82.0 Å². The van der Waals surface area contributed by atoms with Crippen molar-refractivity contribution in [3.05, 3.63) is 35.0 Å². The largest absolute Gasteiger partial charge is 0.353 e. The Kier molecular flexibility index (Phi) is 1.66. The molecule has 0 radical (unpaired) electrons. The van der Waals surface area contributed by atoms with Gasteiger partial charge >= 0.3 is 0 Å². The molecule has 70 valence electrons. The predicted molar refractivity (Wildman–Crippen MR) is 57.6 cm³/mol. The second-order valence-corrected chi connectivity index (χ2v) is 3.66. The molecule has 1 aliphatic heterocycles. The first-order valence-corrected chi connectivity index (χ1v) is 5.06. The van der Waals surface area contributed by atoms with Crippen LogP contribution in [0, 0.1) is 0 Å². The summed E-state index contributed by atoms with van der Waals surface area (Å²) in [7, 11) is 0. The van der Waals surface area contributed by atoms with Gasteiger partial charge in [0.1, 0.15) is 0 Å². The van der Waals surface area contributed by atoms with Gasteiger partial charge in [-0.3, -0.25) is 4.99 Å². The SMILES string of the molecule is C1=c2[nH]c3ccccc3c2=NCCC1. The maximum atomic E-state index is 4.61. The average Bonchev–Trinajstić information content (AvgIpc) is 2.42. The standard InChI is InChI=1S/C12H12N2/c1-2-6-10-9(5-1)12-11(14-10)7-3-4-8-13-12/h1-2,5-7,14H,3-4,8H2. The van der Waals surface area contributed by atoms with Crippen LogP contribution >= 0.6 is 0 Å². The van der Waals surface area contributed by atoms with Gasteiger partial charge in [0.2, 0.25) is 0 Å². The molecular weight excluding hydrogens is 172 g/mol. The van der Waals surface area contributed by atoms with Crippen LogP contribution in [0.3, 0.4) is 0 Å². The molecule has 1 N–H and O–H groups in total. The average molecular weight is 184 g/mol. The lowest BCUT2D eigenvalue weighted by Gasteiger charge is -1.88. The van der Waals surface area contributed by atoms with Crippen LogP contribution in [0.25, 0.3) is 17.0 Å². The van der Waals surface area contributed by atoms with E-state index in [1.54, 1.807) is 0 Å². The zero-order chi connectivity index (χ0) is 9.38. The minimum Gasteiger partial charge on any atom is -0.353 e. The molecule has 1 aromatic heterocycles. The van der Waals surface area contributed by atoms with Crippen molar-refractivity contribution in [2.75, 3.05) is 6.54 Å². The van der Waals surface area contributed by atoms with Crippen LogP contribution in [0.4, 0.5) is 0 Å². The molecule has 2 heterocycles. The van der Waals surface area contributed by atoms with E-state index in [1.165, 1.54) is 16.3 Å². The Bertz CT molecular complexity index is 578. The topological polar surface area (TPSA) is 28.1 Å². The lowest BCUT2D eigenvalue weighted by molar-refractivity contribution is 0.869. The highest BCUT2D eigenvalue weighted by Gasteiger charge is 2.01. The molecule has 0 fully saturated rings. The normalized spacial score (nSPS) is 15.4. The Balaban J connectivity index is 2.53. The molecule has 2 nitrogen and oxygen atoms in total. The molecule has 0 unspecified atom stereocenters. The highest BCUT2D eigenvalue weighted by molar-refractivity contribution is 5.79. The van der Waals surface area contributed by atoms with Gasteiger partial charge in [-0.15, -0.1) is 0 Å². The number of benzene rings is 1. The molecule has 0 amide bonds. The summed E-state index contributed by atoms with van der Waals surface area (Å²) in [6, 6.07) is 8.36. The van der Waals surface area contributed by atoms with Gasteiger partial charge in [0.15, 0.2) is 0 Å². The Morgan fingerprint density at radius 1 is 1.21 bits per heavy atom. The zero-order valence-corrected chi connectivity index (χ0v) is 7.96. The summed E-state index contributed by atoms with van der Waals surface area (Å²) in [6.45, 7) is 0.950. The van der Waals surface area contributed by atoms with Crippen molar-refractivity contribution in [2.24, 2.45) is 4.99 Å². The first kappa shape index (κ1) is 7.80. The number of nitrogens with one attached hydrogen (secondary N) is 1. The van der Waals surface area contributed by atoms with Gasteiger partial charge in [0, 0.05) is 17.4 Å². The van der Waals surface area contributed by atoms with Crippen molar-refractivity contribution in [3.63, 3.8) is 0 Å². The van der Waals surface area contributed by atoms with Crippen molar-refractivity contribution >= 4 is 17.0 Å². The third-order valence-corrected chi connectivity index (χ3v) is 2.69. The summed E-state index contributed by atoms with van der Waals surface area (Å²) >= 11 is 0. The minimum atomic E-state index is 0.950. The Hall–Kier alpha value is -1.57. The number of fused-ring (bicyclic) bond motifs is 3. The molecular formula is C12H12N2. The first-order valence-electron chi connectivity index (χ1n) is 5.06. The van der Waals surface area contributed by atoms with Gasteiger partial charge in [0.05, 0.1) is 10.7 Å². The summed E-state index contributed by atoms with van der Waals surface area (Å²) in [4.78, 5) is 8.02. The van der Waals surface area contributed by atoms with Crippen LogP contribution in [0.15, 0.2) is 29.3 Å². The monoisotopic (exact) mass is 184 g/mol. The lowest BCUT2D eigenvalue weighted by atomic mass is 10.2. The van der Waals surface area contributed by atoms with E-state index in [1.807, 2.05) is 0 Å². The number of aromatic amines is 1. The highest BCUT2D eigenvalue weighted by Crippen LogP contribution is 2.04. The molecule has 14 heavy (non-hydrogen) atoms. The third kappa shape index (κ3) is 1.07. The summed E-state index contributed by atoms with van der Waals surface area (Å²) in [5.74, 6) is 0. The molecule has 2 heteroatoms. The molecule has 0 bridgehead atoms. The maximum absolute atomic E-state index is 4.61. The van der Waals surface area contributed by atoms with Crippen molar-refractivity contribution in [1.29, 1.82) is 0 Å². The smallest absolute Gasteiger partial charge is 0.0898 e. The fourth-order valence-electron chi connectivity index (χ4n) is 1.99. The number of H-pyrrole nitrogens is 1. The molecule has 1 aliphatic rings. The maximum Gasteiger partial charge on any atom is 0.0898 e. The fraction of sp³-hybridized carbons (Fsp3) is 0.250. The van der Waals surface area contributed by atoms with E-state index in [0.29, 0.717) is 0 Å². The van der Waals surface area contributed by atoms with Gasteiger partial charge in [-0.1, -0.05) is 24.3 Å². The van der Waals surface area contributed by atoms with Crippen LogP contribution in [-0.4, -0.2) is 11.5 Å². The summed E-state index contributed by atoms with van der Waals surface area (Å²) in [6.07, 6.45) is 4.55. The Morgan fingerprint density at radius 2 is 2.14 bits per heavy atom. The van der Waals surface area contributed by atoms with E-state index in [9.17, 15) is 0 Å². The molecule has 0 saturated heterocycles. The van der Waals surface area contributed by atoms with E-state index >= 15 is 0 Å². The van der Waals surface area contributed by atoms with Gasteiger partial charge < -0.3 is 4.98 Å². The van der Waals surface area contributed by atoms with E-state index in [2.05, 4.69) is 40.3 Å². The van der Waals surface area contributed by atoms with Crippen LogP contribution in [-0.2, 0) is 0 Å². The zero-order valence-electron chi connectivity index (χ0n) is 7.96.